The van der Waals surface area contributed by atoms with E-state index in [0.29, 0.717) is 0 Å². The highest BCUT2D eigenvalue weighted by Crippen LogP contribution is 2.01. The molecule has 0 aromatic rings. The van der Waals surface area contributed by atoms with E-state index in [2.05, 4.69) is 10.2 Å². The van der Waals surface area contributed by atoms with Crippen molar-refractivity contribution < 1.29 is 4.79 Å². The van der Waals surface area contributed by atoms with Gasteiger partial charge >= 0.3 is 0 Å². The van der Waals surface area contributed by atoms with Crippen LogP contribution in [0.2, 0.25) is 0 Å². The van der Waals surface area contributed by atoms with E-state index in [4.69, 9.17) is 0 Å². The fourth-order valence-electron chi connectivity index (χ4n) is 1.47. The third-order valence-electron chi connectivity index (χ3n) is 2.81. The van der Waals surface area contributed by atoms with Crippen LogP contribution >= 0.6 is 0 Å². The molecule has 90 valence electrons. The Hall–Kier alpha value is -0.610. The van der Waals surface area contributed by atoms with Gasteiger partial charge in [0.15, 0.2) is 0 Å². The second-order valence-electron chi connectivity index (χ2n) is 3.77. The van der Waals surface area contributed by atoms with E-state index in [1.54, 1.807) is 0 Å². The minimum Gasteiger partial charge on any atom is -0.342 e. The molecular weight excluding hydrogens is 190 g/mol. The second-order valence-corrected chi connectivity index (χ2v) is 3.77. The monoisotopic (exact) mass is 215 g/mol. The van der Waals surface area contributed by atoms with Crippen molar-refractivity contribution in [2.24, 2.45) is 0 Å². The van der Waals surface area contributed by atoms with E-state index in [0.717, 1.165) is 26.2 Å². The van der Waals surface area contributed by atoms with Crippen LogP contribution in [0.4, 0.5) is 0 Å². The lowest BCUT2D eigenvalue weighted by Gasteiger charge is -2.29. The quantitative estimate of drug-likeness (QED) is 0.667. The molecule has 0 fully saturated rings. The van der Waals surface area contributed by atoms with Gasteiger partial charge in [-0.2, -0.15) is 0 Å². The molecule has 1 atom stereocenters. The summed E-state index contributed by atoms with van der Waals surface area (Å²) in [6, 6.07) is -0.0294. The van der Waals surface area contributed by atoms with E-state index in [1.165, 1.54) is 0 Å². The van der Waals surface area contributed by atoms with Gasteiger partial charge in [-0.15, -0.1) is 0 Å². The Kier molecular flexibility index (Phi) is 7.34. The average Bonchev–Trinajstić information content (AvgIpc) is 2.26. The van der Waals surface area contributed by atoms with Crippen molar-refractivity contribution in [3.8, 4) is 0 Å². The first-order valence-corrected chi connectivity index (χ1v) is 5.72. The number of nitrogens with one attached hydrogen (secondary N) is 1. The zero-order valence-corrected chi connectivity index (χ0v) is 10.7. The predicted octanol–water partition coefficient (Wildman–Crippen LogP) is 0.395. The van der Waals surface area contributed by atoms with Gasteiger partial charge in [0.25, 0.3) is 0 Å². The van der Waals surface area contributed by atoms with Gasteiger partial charge in [-0.05, 0) is 34.9 Å². The molecule has 0 aromatic carbocycles. The van der Waals surface area contributed by atoms with Gasteiger partial charge in [0.05, 0.1) is 6.04 Å². The summed E-state index contributed by atoms with van der Waals surface area (Å²) in [5, 5.41) is 3.08. The van der Waals surface area contributed by atoms with Crippen molar-refractivity contribution in [2.75, 3.05) is 40.3 Å². The van der Waals surface area contributed by atoms with E-state index >= 15 is 0 Å². The van der Waals surface area contributed by atoms with E-state index in [-0.39, 0.29) is 11.9 Å². The molecule has 0 aromatic heterocycles. The first-order valence-electron chi connectivity index (χ1n) is 5.72. The molecular formula is C11H25N3O. The Morgan fingerprint density at radius 1 is 1.33 bits per heavy atom. The third-order valence-corrected chi connectivity index (χ3v) is 2.81. The zero-order valence-electron chi connectivity index (χ0n) is 10.7. The van der Waals surface area contributed by atoms with Crippen molar-refractivity contribution >= 4 is 5.91 Å². The summed E-state index contributed by atoms with van der Waals surface area (Å²) in [7, 11) is 3.91. The lowest BCUT2D eigenvalue weighted by molar-refractivity contribution is -0.135. The van der Waals surface area contributed by atoms with Gasteiger partial charge in [-0.3, -0.25) is 9.69 Å². The molecule has 0 bridgehead atoms. The highest BCUT2D eigenvalue weighted by Gasteiger charge is 2.21. The number of amides is 1. The lowest BCUT2D eigenvalue weighted by Crippen LogP contribution is -2.47. The average molecular weight is 215 g/mol. The van der Waals surface area contributed by atoms with Crippen molar-refractivity contribution in [1.29, 1.82) is 0 Å². The van der Waals surface area contributed by atoms with Crippen LogP contribution in [0.5, 0.6) is 0 Å². The second kappa shape index (κ2) is 7.65. The Morgan fingerprint density at radius 3 is 2.27 bits per heavy atom. The smallest absolute Gasteiger partial charge is 0.239 e. The first kappa shape index (κ1) is 14.4. The molecule has 4 heteroatoms. The van der Waals surface area contributed by atoms with Gasteiger partial charge in [0.1, 0.15) is 0 Å². The van der Waals surface area contributed by atoms with Crippen LogP contribution in [0.3, 0.4) is 0 Å². The molecule has 1 amide bonds. The van der Waals surface area contributed by atoms with Crippen LogP contribution in [-0.4, -0.2) is 62.0 Å². The third kappa shape index (κ3) is 4.62. The van der Waals surface area contributed by atoms with Crippen LogP contribution in [0.25, 0.3) is 0 Å². The normalized spacial score (nSPS) is 12.9. The number of hydrogen-bond donors (Lipinski definition) is 1. The number of nitrogens with zero attached hydrogens (tertiary/aromatic N) is 2. The number of likely N-dealkylation sites (N-methyl/N-ethyl adjacent to an activating group) is 3. The standard InChI is InChI=1S/C11H25N3O/c1-6-14(7-2)11(15)10(3)13(5)9-8-12-4/h10,12H,6-9H2,1-5H3. The van der Waals surface area contributed by atoms with Crippen LogP contribution < -0.4 is 5.32 Å². The fourth-order valence-corrected chi connectivity index (χ4v) is 1.47. The van der Waals surface area contributed by atoms with Crippen molar-refractivity contribution in [2.45, 2.75) is 26.8 Å². The maximum atomic E-state index is 12.0. The molecule has 0 aliphatic rings. The van der Waals surface area contributed by atoms with Crippen molar-refractivity contribution in [3.05, 3.63) is 0 Å². The largest absolute Gasteiger partial charge is 0.342 e. The summed E-state index contributed by atoms with van der Waals surface area (Å²) in [5.41, 5.74) is 0. The fraction of sp³-hybridized carbons (Fsp3) is 0.909. The van der Waals surface area contributed by atoms with Gasteiger partial charge in [-0.1, -0.05) is 0 Å². The SMILES string of the molecule is CCN(CC)C(=O)C(C)N(C)CCNC. The topological polar surface area (TPSA) is 35.6 Å². The Bertz CT molecular complexity index is 181. The predicted molar refractivity (Wildman–Crippen MR) is 63.9 cm³/mol. The number of carbonyl (C=O) groups is 1. The highest BCUT2D eigenvalue weighted by atomic mass is 16.2. The van der Waals surface area contributed by atoms with Crippen molar-refractivity contribution in [3.63, 3.8) is 0 Å². The summed E-state index contributed by atoms with van der Waals surface area (Å²) >= 11 is 0. The van der Waals surface area contributed by atoms with Gasteiger partial charge < -0.3 is 10.2 Å². The number of rotatable bonds is 7. The molecule has 0 aliphatic heterocycles. The number of carbonyl (C=O) groups excluding carboxylic acids is 1. The highest BCUT2D eigenvalue weighted by molar-refractivity contribution is 5.81. The maximum absolute atomic E-state index is 12.0. The lowest BCUT2D eigenvalue weighted by atomic mass is 10.2. The minimum absolute atomic E-state index is 0.0294. The maximum Gasteiger partial charge on any atom is 0.239 e. The van der Waals surface area contributed by atoms with E-state index in [1.807, 2.05) is 39.8 Å². The molecule has 0 radical (unpaired) electrons. The van der Waals surface area contributed by atoms with E-state index in [9.17, 15) is 4.79 Å². The molecule has 0 aliphatic carbocycles. The molecule has 0 spiro atoms. The summed E-state index contributed by atoms with van der Waals surface area (Å²) in [4.78, 5) is 15.9. The molecule has 0 saturated heterocycles. The molecule has 15 heavy (non-hydrogen) atoms. The molecule has 0 rings (SSSR count). The first-order chi connectivity index (χ1) is 7.08. The summed E-state index contributed by atoms with van der Waals surface area (Å²) in [6.45, 7) is 9.38. The Labute approximate surface area is 93.6 Å². The van der Waals surface area contributed by atoms with Gasteiger partial charge in [-0.25, -0.2) is 0 Å². The molecule has 0 saturated carbocycles. The van der Waals surface area contributed by atoms with Crippen LogP contribution in [0, 0.1) is 0 Å². The molecule has 0 heterocycles. The molecule has 1 N–H and O–H groups in total. The van der Waals surface area contributed by atoms with Gasteiger partial charge in [0.2, 0.25) is 5.91 Å². The molecule has 1 unspecified atom stereocenters. The zero-order chi connectivity index (χ0) is 11.8. The van der Waals surface area contributed by atoms with Crippen LogP contribution in [-0.2, 0) is 4.79 Å². The summed E-state index contributed by atoms with van der Waals surface area (Å²) in [5.74, 6) is 0.221. The number of hydrogen-bond acceptors (Lipinski definition) is 3. The van der Waals surface area contributed by atoms with E-state index < -0.39 is 0 Å². The Balaban J connectivity index is 4.16. The van der Waals surface area contributed by atoms with Crippen LogP contribution in [0.1, 0.15) is 20.8 Å². The van der Waals surface area contributed by atoms with Crippen molar-refractivity contribution in [1.82, 2.24) is 15.1 Å². The summed E-state index contributed by atoms with van der Waals surface area (Å²) < 4.78 is 0. The Morgan fingerprint density at radius 2 is 1.87 bits per heavy atom. The minimum atomic E-state index is -0.0294. The summed E-state index contributed by atoms with van der Waals surface area (Å²) in [6.07, 6.45) is 0. The van der Waals surface area contributed by atoms with Gasteiger partial charge in [0, 0.05) is 26.2 Å². The molecule has 4 nitrogen and oxygen atoms in total. The van der Waals surface area contributed by atoms with Crippen LogP contribution in [0.15, 0.2) is 0 Å².